The second-order valence-corrected chi connectivity index (χ2v) is 7.74. The van der Waals surface area contributed by atoms with Crippen molar-refractivity contribution in [3.63, 3.8) is 0 Å². The van der Waals surface area contributed by atoms with Crippen molar-refractivity contribution in [3.8, 4) is 28.3 Å². The predicted molar refractivity (Wildman–Crippen MR) is 127 cm³/mol. The van der Waals surface area contributed by atoms with E-state index in [-0.39, 0.29) is 0 Å². The van der Waals surface area contributed by atoms with Crippen LogP contribution >= 0.6 is 0 Å². The highest BCUT2D eigenvalue weighted by Gasteiger charge is 2.12. The van der Waals surface area contributed by atoms with Crippen LogP contribution in [0.2, 0.25) is 0 Å². The first-order chi connectivity index (χ1) is 15.3. The molecule has 2 heteroatoms. The molecule has 0 unspecified atom stereocenters. The van der Waals surface area contributed by atoms with E-state index in [1.165, 1.54) is 21.9 Å². The van der Waals surface area contributed by atoms with Crippen LogP contribution in [0.1, 0.15) is 5.56 Å². The van der Waals surface area contributed by atoms with Crippen LogP contribution in [0.4, 0.5) is 0 Å². The molecule has 1 aromatic heterocycles. The first-order valence-electron chi connectivity index (χ1n) is 10.3. The molecule has 2 nitrogen and oxygen atoms in total. The van der Waals surface area contributed by atoms with Gasteiger partial charge in [0.1, 0.15) is 11.2 Å². The van der Waals surface area contributed by atoms with Crippen molar-refractivity contribution in [2.75, 3.05) is 0 Å². The van der Waals surface area contributed by atoms with E-state index in [0.29, 0.717) is 5.56 Å². The number of fused-ring (bicyclic) bond motifs is 4. The number of nitriles is 1. The van der Waals surface area contributed by atoms with Gasteiger partial charge in [0.25, 0.3) is 0 Å². The molecule has 0 spiro atoms. The van der Waals surface area contributed by atoms with Crippen molar-refractivity contribution in [2.45, 2.75) is 0 Å². The zero-order chi connectivity index (χ0) is 20.8. The van der Waals surface area contributed by atoms with E-state index >= 15 is 0 Å². The standard InChI is InChI=1S/C29H17NO/c30-18-19-8-10-20(11-9-19)22-14-12-21-13-15-23(17-24(21)16-22)25-5-3-7-28-29(25)26-4-1-2-6-27(26)31-28/h1-17H. The lowest BCUT2D eigenvalue weighted by atomic mass is 9.95. The average Bonchev–Trinajstić information content (AvgIpc) is 3.22. The van der Waals surface area contributed by atoms with E-state index in [2.05, 4.69) is 66.7 Å². The van der Waals surface area contributed by atoms with Gasteiger partial charge in [-0.25, -0.2) is 0 Å². The molecule has 6 rings (SSSR count). The minimum atomic E-state index is 0.673. The fourth-order valence-electron chi connectivity index (χ4n) is 4.35. The number of rotatable bonds is 2. The van der Waals surface area contributed by atoms with Crippen LogP contribution in [0.15, 0.2) is 108 Å². The molecule has 0 fully saturated rings. The van der Waals surface area contributed by atoms with Crippen LogP contribution < -0.4 is 0 Å². The predicted octanol–water partition coefficient (Wildman–Crippen LogP) is 7.94. The van der Waals surface area contributed by atoms with Crippen molar-refractivity contribution in [2.24, 2.45) is 0 Å². The fourth-order valence-corrected chi connectivity index (χ4v) is 4.35. The molecule has 0 amide bonds. The monoisotopic (exact) mass is 395 g/mol. The van der Waals surface area contributed by atoms with Crippen LogP contribution in [0, 0.1) is 11.3 Å². The second-order valence-electron chi connectivity index (χ2n) is 7.74. The quantitative estimate of drug-likeness (QED) is 0.298. The Morgan fingerprint density at radius 2 is 1.29 bits per heavy atom. The number of hydrogen-bond donors (Lipinski definition) is 0. The number of hydrogen-bond acceptors (Lipinski definition) is 2. The Kier molecular flexibility index (Phi) is 3.88. The Bertz CT molecular complexity index is 1630. The summed E-state index contributed by atoms with van der Waals surface area (Å²) in [4.78, 5) is 0. The highest BCUT2D eigenvalue weighted by Crippen LogP contribution is 2.37. The summed E-state index contributed by atoms with van der Waals surface area (Å²) in [7, 11) is 0. The van der Waals surface area contributed by atoms with Gasteiger partial charge in [-0.15, -0.1) is 0 Å². The molecule has 0 aliphatic rings. The van der Waals surface area contributed by atoms with Crippen molar-refractivity contribution in [3.05, 3.63) is 109 Å². The molecule has 0 radical (unpaired) electrons. The third-order valence-electron chi connectivity index (χ3n) is 5.90. The Balaban J connectivity index is 1.53. The molecule has 0 N–H and O–H groups in total. The molecule has 6 aromatic rings. The fraction of sp³-hybridized carbons (Fsp3) is 0. The molecule has 0 atom stereocenters. The third kappa shape index (κ3) is 2.87. The molecule has 0 saturated heterocycles. The van der Waals surface area contributed by atoms with Crippen LogP contribution in [0.25, 0.3) is 55.0 Å². The molecular formula is C29H17NO. The zero-order valence-electron chi connectivity index (χ0n) is 16.7. The summed E-state index contributed by atoms with van der Waals surface area (Å²) in [6, 6.07) is 37.5. The summed E-state index contributed by atoms with van der Waals surface area (Å²) in [5.74, 6) is 0. The molecular weight excluding hydrogens is 378 g/mol. The summed E-state index contributed by atoms with van der Waals surface area (Å²) in [6.07, 6.45) is 0. The first-order valence-corrected chi connectivity index (χ1v) is 10.3. The lowest BCUT2D eigenvalue weighted by Gasteiger charge is -2.08. The van der Waals surface area contributed by atoms with Crippen molar-refractivity contribution in [1.29, 1.82) is 5.26 Å². The Morgan fingerprint density at radius 1 is 0.581 bits per heavy atom. The summed E-state index contributed by atoms with van der Waals surface area (Å²) in [5, 5.41) is 13.7. The maximum absolute atomic E-state index is 9.05. The topological polar surface area (TPSA) is 36.9 Å². The molecule has 0 aliphatic heterocycles. The van der Waals surface area contributed by atoms with Gasteiger partial charge in [0.2, 0.25) is 0 Å². The lowest BCUT2D eigenvalue weighted by Crippen LogP contribution is -1.83. The Labute approximate surface area is 179 Å². The molecule has 144 valence electrons. The molecule has 0 aliphatic carbocycles. The minimum absolute atomic E-state index is 0.673. The Morgan fingerprint density at radius 3 is 2.13 bits per heavy atom. The van der Waals surface area contributed by atoms with Gasteiger partial charge in [-0.3, -0.25) is 0 Å². The highest BCUT2D eigenvalue weighted by molar-refractivity contribution is 6.12. The number of para-hydroxylation sites is 1. The molecule has 0 bridgehead atoms. The molecule has 5 aromatic carbocycles. The van der Waals surface area contributed by atoms with Gasteiger partial charge in [0.05, 0.1) is 11.6 Å². The van der Waals surface area contributed by atoms with Crippen molar-refractivity contribution >= 4 is 32.7 Å². The molecule has 1 heterocycles. The molecule has 0 saturated carbocycles. The van der Waals surface area contributed by atoms with E-state index < -0.39 is 0 Å². The van der Waals surface area contributed by atoms with Crippen LogP contribution in [0.5, 0.6) is 0 Å². The lowest BCUT2D eigenvalue weighted by molar-refractivity contribution is 0.669. The summed E-state index contributed by atoms with van der Waals surface area (Å²) in [5.41, 5.74) is 7.08. The SMILES string of the molecule is N#Cc1ccc(-c2ccc3ccc(-c4cccc5oc6ccccc6c45)cc3c2)cc1. The summed E-state index contributed by atoms with van der Waals surface area (Å²) < 4.78 is 6.07. The van der Waals surface area contributed by atoms with Gasteiger partial charge >= 0.3 is 0 Å². The maximum Gasteiger partial charge on any atom is 0.136 e. The zero-order valence-corrected chi connectivity index (χ0v) is 16.7. The average molecular weight is 395 g/mol. The van der Waals surface area contributed by atoms with Gasteiger partial charge < -0.3 is 4.42 Å². The Hall–Kier alpha value is -4.35. The maximum atomic E-state index is 9.05. The van der Waals surface area contributed by atoms with E-state index in [9.17, 15) is 0 Å². The molecule has 31 heavy (non-hydrogen) atoms. The largest absolute Gasteiger partial charge is 0.456 e. The van der Waals surface area contributed by atoms with E-state index in [0.717, 1.165) is 33.1 Å². The highest BCUT2D eigenvalue weighted by atomic mass is 16.3. The minimum Gasteiger partial charge on any atom is -0.456 e. The van der Waals surface area contributed by atoms with Gasteiger partial charge in [-0.1, -0.05) is 66.7 Å². The van der Waals surface area contributed by atoms with E-state index in [1.54, 1.807) is 0 Å². The normalized spacial score (nSPS) is 11.2. The van der Waals surface area contributed by atoms with Crippen molar-refractivity contribution < 1.29 is 4.42 Å². The van der Waals surface area contributed by atoms with Gasteiger partial charge in [0.15, 0.2) is 0 Å². The van der Waals surface area contributed by atoms with Gasteiger partial charge in [-0.05, 0) is 69.4 Å². The number of furan rings is 1. The van der Waals surface area contributed by atoms with Gasteiger partial charge in [0, 0.05) is 10.8 Å². The first kappa shape index (κ1) is 17.5. The second kappa shape index (κ2) is 6.86. The van der Waals surface area contributed by atoms with Crippen LogP contribution in [0.3, 0.4) is 0 Å². The summed E-state index contributed by atoms with van der Waals surface area (Å²) in [6.45, 7) is 0. The number of nitrogens with zero attached hydrogens (tertiary/aromatic N) is 1. The van der Waals surface area contributed by atoms with Crippen molar-refractivity contribution in [1.82, 2.24) is 0 Å². The smallest absolute Gasteiger partial charge is 0.136 e. The van der Waals surface area contributed by atoms with E-state index in [4.69, 9.17) is 9.68 Å². The third-order valence-corrected chi connectivity index (χ3v) is 5.90. The van der Waals surface area contributed by atoms with Gasteiger partial charge in [-0.2, -0.15) is 5.26 Å². The number of benzene rings is 5. The van der Waals surface area contributed by atoms with Crippen LogP contribution in [-0.2, 0) is 0 Å². The summed E-state index contributed by atoms with van der Waals surface area (Å²) >= 11 is 0. The van der Waals surface area contributed by atoms with E-state index in [1.807, 2.05) is 42.5 Å². The van der Waals surface area contributed by atoms with Crippen LogP contribution in [-0.4, -0.2) is 0 Å².